The molecule has 0 spiro atoms. The highest BCUT2D eigenvalue weighted by Crippen LogP contribution is 2.14. The zero-order valence-electron chi connectivity index (χ0n) is 10.4. The van der Waals surface area contributed by atoms with Gasteiger partial charge in [0.15, 0.2) is 5.78 Å². The predicted molar refractivity (Wildman–Crippen MR) is 80.1 cm³/mol. The summed E-state index contributed by atoms with van der Waals surface area (Å²) in [6.07, 6.45) is 0. The van der Waals surface area contributed by atoms with Crippen LogP contribution < -0.4 is 4.72 Å². The molecule has 0 bridgehead atoms. The average molecular weight is 354 g/mol. The van der Waals surface area contributed by atoms with Crippen molar-refractivity contribution in [1.82, 2.24) is 4.72 Å². The lowest BCUT2D eigenvalue weighted by Crippen LogP contribution is -2.29. The SMILES string of the molecule is O=C(CNS(=O)(=O)c1ccc(Br)cc1)c1ccccc1. The standard InChI is InChI=1S/C14H12BrNO3S/c15-12-6-8-13(9-7-12)20(18,19)16-10-14(17)11-4-2-1-3-5-11/h1-9,16H,10H2. The molecule has 0 aliphatic heterocycles. The molecular formula is C14H12BrNO3S. The van der Waals surface area contributed by atoms with Gasteiger partial charge in [-0.05, 0) is 24.3 Å². The maximum atomic E-state index is 12.0. The number of hydrogen-bond donors (Lipinski definition) is 1. The first-order valence-corrected chi connectivity index (χ1v) is 8.10. The Hall–Kier alpha value is -1.50. The molecular weight excluding hydrogens is 342 g/mol. The fourth-order valence-corrected chi connectivity index (χ4v) is 2.83. The largest absolute Gasteiger partial charge is 0.293 e. The highest BCUT2D eigenvalue weighted by molar-refractivity contribution is 9.10. The van der Waals surface area contributed by atoms with Crippen LogP contribution in [0.3, 0.4) is 0 Å². The summed E-state index contributed by atoms with van der Waals surface area (Å²) in [4.78, 5) is 12.0. The van der Waals surface area contributed by atoms with E-state index in [4.69, 9.17) is 0 Å². The minimum Gasteiger partial charge on any atom is -0.293 e. The van der Waals surface area contributed by atoms with Crippen molar-refractivity contribution in [2.75, 3.05) is 6.54 Å². The minimum atomic E-state index is -3.67. The predicted octanol–water partition coefficient (Wildman–Crippen LogP) is 2.61. The molecule has 104 valence electrons. The molecule has 0 aromatic heterocycles. The van der Waals surface area contributed by atoms with Crippen molar-refractivity contribution in [2.24, 2.45) is 0 Å². The van der Waals surface area contributed by atoms with Crippen LogP contribution in [0.4, 0.5) is 0 Å². The summed E-state index contributed by atoms with van der Waals surface area (Å²) < 4.78 is 27.1. The Morgan fingerprint density at radius 3 is 2.20 bits per heavy atom. The van der Waals surface area contributed by atoms with Crippen molar-refractivity contribution in [3.63, 3.8) is 0 Å². The first-order valence-electron chi connectivity index (χ1n) is 5.82. The zero-order chi connectivity index (χ0) is 14.6. The van der Waals surface area contributed by atoms with Crippen molar-refractivity contribution in [1.29, 1.82) is 0 Å². The van der Waals surface area contributed by atoms with Gasteiger partial charge in [0.05, 0.1) is 11.4 Å². The summed E-state index contributed by atoms with van der Waals surface area (Å²) >= 11 is 3.24. The monoisotopic (exact) mass is 353 g/mol. The van der Waals surface area contributed by atoms with Gasteiger partial charge in [0.1, 0.15) is 0 Å². The van der Waals surface area contributed by atoms with Gasteiger partial charge in [-0.2, -0.15) is 0 Å². The third-order valence-electron chi connectivity index (χ3n) is 2.64. The van der Waals surface area contributed by atoms with Gasteiger partial charge in [0.25, 0.3) is 0 Å². The lowest BCUT2D eigenvalue weighted by molar-refractivity contribution is 0.0997. The molecule has 0 radical (unpaired) electrons. The molecule has 0 amide bonds. The Bertz CT molecular complexity index is 697. The number of ketones is 1. The molecule has 0 saturated heterocycles. The summed E-state index contributed by atoms with van der Waals surface area (Å²) in [6.45, 7) is -0.261. The summed E-state index contributed by atoms with van der Waals surface area (Å²) in [5.41, 5.74) is 0.478. The molecule has 0 aliphatic carbocycles. The van der Waals surface area contributed by atoms with E-state index < -0.39 is 10.0 Å². The van der Waals surface area contributed by atoms with E-state index in [9.17, 15) is 13.2 Å². The van der Waals surface area contributed by atoms with Gasteiger partial charge in [-0.25, -0.2) is 13.1 Å². The molecule has 0 fully saturated rings. The molecule has 0 saturated carbocycles. The lowest BCUT2D eigenvalue weighted by Gasteiger charge is -2.06. The highest BCUT2D eigenvalue weighted by Gasteiger charge is 2.15. The van der Waals surface area contributed by atoms with Gasteiger partial charge in [-0.1, -0.05) is 46.3 Å². The number of halogens is 1. The van der Waals surface area contributed by atoms with Crippen LogP contribution in [0.5, 0.6) is 0 Å². The van der Waals surface area contributed by atoms with Gasteiger partial charge < -0.3 is 0 Å². The van der Waals surface area contributed by atoms with E-state index in [0.717, 1.165) is 4.47 Å². The Balaban J connectivity index is 2.06. The number of sulfonamides is 1. The van der Waals surface area contributed by atoms with Gasteiger partial charge in [0.2, 0.25) is 10.0 Å². The fourth-order valence-electron chi connectivity index (χ4n) is 1.58. The maximum absolute atomic E-state index is 12.0. The van der Waals surface area contributed by atoms with Crippen LogP contribution in [0.25, 0.3) is 0 Å². The molecule has 0 heterocycles. The number of benzene rings is 2. The molecule has 1 N–H and O–H groups in total. The molecule has 2 aromatic rings. The fraction of sp³-hybridized carbons (Fsp3) is 0.0714. The first-order chi connectivity index (χ1) is 9.49. The van der Waals surface area contributed by atoms with E-state index in [0.29, 0.717) is 5.56 Å². The van der Waals surface area contributed by atoms with E-state index in [1.54, 1.807) is 42.5 Å². The molecule has 2 aromatic carbocycles. The molecule has 0 unspecified atom stereocenters. The van der Waals surface area contributed by atoms with Gasteiger partial charge in [-0.3, -0.25) is 4.79 Å². The van der Waals surface area contributed by atoms with Crippen LogP contribution in [0.15, 0.2) is 64.0 Å². The minimum absolute atomic E-state index is 0.126. The Labute approximate surface area is 126 Å². The van der Waals surface area contributed by atoms with Crippen molar-refractivity contribution >= 4 is 31.7 Å². The number of carbonyl (C=O) groups is 1. The Morgan fingerprint density at radius 2 is 1.60 bits per heavy atom. The molecule has 0 atom stereocenters. The maximum Gasteiger partial charge on any atom is 0.240 e. The third-order valence-corrected chi connectivity index (χ3v) is 4.59. The number of rotatable bonds is 5. The van der Waals surface area contributed by atoms with E-state index in [-0.39, 0.29) is 17.2 Å². The molecule has 0 aliphatic rings. The molecule has 20 heavy (non-hydrogen) atoms. The smallest absolute Gasteiger partial charge is 0.240 e. The van der Waals surface area contributed by atoms with Crippen LogP contribution in [-0.2, 0) is 10.0 Å². The number of Topliss-reactive ketones (excluding diaryl/α,β-unsaturated/α-hetero) is 1. The lowest BCUT2D eigenvalue weighted by atomic mass is 10.1. The summed E-state index contributed by atoms with van der Waals surface area (Å²) in [7, 11) is -3.67. The van der Waals surface area contributed by atoms with Crippen LogP contribution in [0.2, 0.25) is 0 Å². The second-order valence-corrected chi connectivity index (χ2v) is 6.75. The first kappa shape index (κ1) is 14.9. The van der Waals surface area contributed by atoms with E-state index >= 15 is 0 Å². The zero-order valence-corrected chi connectivity index (χ0v) is 12.8. The van der Waals surface area contributed by atoms with Crippen LogP contribution in [0.1, 0.15) is 10.4 Å². The third kappa shape index (κ3) is 3.75. The van der Waals surface area contributed by atoms with E-state index in [2.05, 4.69) is 20.7 Å². The van der Waals surface area contributed by atoms with Crippen LogP contribution in [-0.4, -0.2) is 20.7 Å². The highest BCUT2D eigenvalue weighted by atomic mass is 79.9. The van der Waals surface area contributed by atoms with Gasteiger partial charge in [0, 0.05) is 10.0 Å². The van der Waals surface area contributed by atoms with Gasteiger partial charge in [-0.15, -0.1) is 0 Å². The second-order valence-electron chi connectivity index (χ2n) is 4.07. The number of carbonyl (C=O) groups excluding carboxylic acids is 1. The molecule has 6 heteroatoms. The summed E-state index contributed by atoms with van der Waals surface area (Å²) in [6, 6.07) is 14.8. The molecule has 4 nitrogen and oxygen atoms in total. The molecule has 2 rings (SSSR count). The van der Waals surface area contributed by atoms with Crippen molar-refractivity contribution in [2.45, 2.75) is 4.90 Å². The van der Waals surface area contributed by atoms with Crippen molar-refractivity contribution in [3.8, 4) is 0 Å². The Kier molecular flexibility index (Phi) is 4.69. The number of nitrogens with one attached hydrogen (secondary N) is 1. The van der Waals surface area contributed by atoms with Crippen LogP contribution in [0, 0.1) is 0 Å². The van der Waals surface area contributed by atoms with Crippen molar-refractivity contribution in [3.05, 3.63) is 64.6 Å². The number of hydrogen-bond acceptors (Lipinski definition) is 3. The summed E-state index contributed by atoms with van der Waals surface area (Å²) in [5.74, 6) is -0.272. The van der Waals surface area contributed by atoms with E-state index in [1.807, 2.05) is 0 Å². The van der Waals surface area contributed by atoms with Gasteiger partial charge >= 0.3 is 0 Å². The Morgan fingerprint density at radius 1 is 1.00 bits per heavy atom. The normalized spacial score (nSPS) is 11.2. The quantitative estimate of drug-likeness (QED) is 0.840. The summed E-state index contributed by atoms with van der Waals surface area (Å²) in [5, 5.41) is 0. The second kappa shape index (κ2) is 6.30. The van der Waals surface area contributed by atoms with Crippen molar-refractivity contribution < 1.29 is 13.2 Å². The van der Waals surface area contributed by atoms with Crippen LogP contribution >= 0.6 is 15.9 Å². The van der Waals surface area contributed by atoms with E-state index in [1.165, 1.54) is 12.1 Å². The average Bonchev–Trinajstić information content (AvgIpc) is 2.46. The topological polar surface area (TPSA) is 63.2 Å².